The van der Waals surface area contributed by atoms with Gasteiger partial charge >= 0.3 is 11.9 Å². The molecule has 0 spiro atoms. The van der Waals surface area contributed by atoms with Gasteiger partial charge in [-0.05, 0) is 48.6 Å². The molecule has 3 rings (SSSR count). The molecule has 0 aromatic heterocycles. The Bertz CT molecular complexity index is 577. The molecule has 2 aliphatic rings. The van der Waals surface area contributed by atoms with Crippen LogP contribution in [-0.4, -0.2) is 26.2 Å². The number of carbonyl (C=O) groups is 2. The highest BCUT2D eigenvalue weighted by molar-refractivity contribution is 6.01. The van der Waals surface area contributed by atoms with Crippen molar-refractivity contribution in [2.24, 2.45) is 11.3 Å². The van der Waals surface area contributed by atoms with E-state index in [0.717, 1.165) is 25.7 Å². The van der Waals surface area contributed by atoms with Crippen LogP contribution in [0, 0.1) is 11.3 Å². The maximum Gasteiger partial charge on any atom is 0.323 e. The summed E-state index contributed by atoms with van der Waals surface area (Å²) in [6.07, 6.45) is 4.24. The van der Waals surface area contributed by atoms with Gasteiger partial charge in [-0.1, -0.05) is 30.7 Å². The number of methoxy groups -OCH3 is 2. The number of ether oxygens (including phenoxy) is 2. The lowest BCUT2D eigenvalue weighted by molar-refractivity contribution is -0.173. The van der Waals surface area contributed by atoms with Crippen molar-refractivity contribution < 1.29 is 19.1 Å². The Labute approximate surface area is 130 Å². The molecule has 0 heterocycles. The third kappa shape index (κ3) is 2.04. The molecule has 0 saturated heterocycles. The highest BCUT2D eigenvalue weighted by Gasteiger charge is 2.59. The van der Waals surface area contributed by atoms with Crippen molar-refractivity contribution in [3.05, 3.63) is 35.4 Å². The molecule has 0 aliphatic heterocycles. The topological polar surface area (TPSA) is 52.6 Å². The van der Waals surface area contributed by atoms with Crippen molar-refractivity contribution in [1.29, 1.82) is 0 Å². The van der Waals surface area contributed by atoms with E-state index in [1.54, 1.807) is 0 Å². The first-order chi connectivity index (χ1) is 10.6. The third-order valence-corrected chi connectivity index (χ3v) is 5.48. The van der Waals surface area contributed by atoms with Gasteiger partial charge in [0.15, 0.2) is 5.41 Å². The summed E-state index contributed by atoms with van der Waals surface area (Å²) in [7, 11) is 2.70. The molecule has 4 nitrogen and oxygen atoms in total. The minimum absolute atomic E-state index is 0.0314. The lowest BCUT2D eigenvalue weighted by Crippen LogP contribution is -2.45. The Kier molecular flexibility index (Phi) is 3.94. The predicted molar refractivity (Wildman–Crippen MR) is 81.3 cm³/mol. The maximum atomic E-state index is 12.5. The molecular weight excluding hydrogens is 280 g/mol. The minimum atomic E-state index is -1.13. The van der Waals surface area contributed by atoms with Gasteiger partial charge < -0.3 is 9.47 Å². The molecule has 1 saturated carbocycles. The molecule has 0 radical (unpaired) electrons. The summed E-state index contributed by atoms with van der Waals surface area (Å²) < 4.78 is 10.00. The van der Waals surface area contributed by atoms with Crippen LogP contribution < -0.4 is 0 Å². The Morgan fingerprint density at radius 1 is 1.09 bits per heavy atom. The van der Waals surface area contributed by atoms with Crippen LogP contribution >= 0.6 is 0 Å². The van der Waals surface area contributed by atoms with E-state index < -0.39 is 17.4 Å². The van der Waals surface area contributed by atoms with Gasteiger partial charge in [0, 0.05) is 0 Å². The van der Waals surface area contributed by atoms with E-state index in [0.29, 0.717) is 6.42 Å². The summed E-state index contributed by atoms with van der Waals surface area (Å²) in [4.78, 5) is 25.0. The fraction of sp³-hybridized carbons (Fsp3) is 0.556. The summed E-state index contributed by atoms with van der Waals surface area (Å²) in [5.74, 6) is -0.676. The molecule has 0 unspecified atom stereocenters. The average molecular weight is 302 g/mol. The van der Waals surface area contributed by atoms with E-state index in [-0.39, 0.29) is 11.8 Å². The van der Waals surface area contributed by atoms with Crippen LogP contribution in [0.5, 0.6) is 0 Å². The number of carbonyl (C=O) groups excluding carboxylic acids is 2. The lowest BCUT2D eigenvalue weighted by Gasteiger charge is -2.34. The third-order valence-electron chi connectivity index (χ3n) is 5.48. The summed E-state index contributed by atoms with van der Waals surface area (Å²) >= 11 is 0. The van der Waals surface area contributed by atoms with Gasteiger partial charge in [-0.3, -0.25) is 9.59 Å². The van der Waals surface area contributed by atoms with Crippen molar-refractivity contribution >= 4 is 11.9 Å². The highest BCUT2D eigenvalue weighted by atomic mass is 16.5. The van der Waals surface area contributed by atoms with Crippen LogP contribution in [0.2, 0.25) is 0 Å². The first kappa shape index (κ1) is 15.1. The predicted octanol–water partition coefficient (Wildman–Crippen LogP) is 2.85. The Morgan fingerprint density at radius 2 is 1.77 bits per heavy atom. The number of rotatable bonds is 3. The van der Waals surface area contributed by atoms with Crippen molar-refractivity contribution in [1.82, 2.24) is 0 Å². The molecule has 0 amide bonds. The van der Waals surface area contributed by atoms with Crippen molar-refractivity contribution in [2.75, 3.05) is 14.2 Å². The zero-order valence-corrected chi connectivity index (χ0v) is 13.1. The van der Waals surface area contributed by atoms with Crippen LogP contribution in [-0.2, 0) is 25.5 Å². The van der Waals surface area contributed by atoms with Crippen LogP contribution in [0.1, 0.15) is 42.7 Å². The highest BCUT2D eigenvalue weighted by Crippen LogP contribution is 2.55. The second kappa shape index (κ2) is 5.75. The van der Waals surface area contributed by atoms with Gasteiger partial charge in [0.25, 0.3) is 0 Å². The Balaban J connectivity index is 2.02. The van der Waals surface area contributed by atoms with Crippen molar-refractivity contribution in [2.45, 2.75) is 38.0 Å². The summed E-state index contributed by atoms with van der Waals surface area (Å²) in [6, 6.07) is 8.35. The molecule has 0 N–H and O–H groups in total. The second-order valence-corrected chi connectivity index (χ2v) is 6.30. The Morgan fingerprint density at radius 3 is 2.45 bits per heavy atom. The summed E-state index contributed by atoms with van der Waals surface area (Å²) in [5, 5.41) is 0. The minimum Gasteiger partial charge on any atom is -0.468 e. The van der Waals surface area contributed by atoms with E-state index in [4.69, 9.17) is 9.47 Å². The summed E-state index contributed by atoms with van der Waals surface area (Å²) in [6.45, 7) is 0. The number of hydrogen-bond donors (Lipinski definition) is 0. The Hall–Kier alpha value is -1.84. The van der Waals surface area contributed by atoms with Gasteiger partial charge in [-0.15, -0.1) is 0 Å². The molecule has 1 fully saturated rings. The molecule has 4 heteroatoms. The molecule has 1 aromatic rings. The van der Waals surface area contributed by atoms with Gasteiger partial charge in [0.05, 0.1) is 14.2 Å². The standard InChI is InChI=1S/C18H22O4/c1-21-16(19)18(17(20)22-2)11-5-8-15(18)14-10-9-12-6-3-4-7-13(12)14/h3-4,6-7,14-15H,5,8-11H2,1-2H3/t14-,15-/m0/s1. The van der Waals surface area contributed by atoms with E-state index in [1.807, 2.05) is 12.1 Å². The van der Waals surface area contributed by atoms with E-state index in [2.05, 4.69) is 12.1 Å². The smallest absolute Gasteiger partial charge is 0.323 e. The molecule has 1 aromatic carbocycles. The van der Waals surface area contributed by atoms with Crippen LogP contribution in [0.15, 0.2) is 24.3 Å². The fourth-order valence-corrected chi connectivity index (χ4v) is 4.54. The van der Waals surface area contributed by atoms with Gasteiger partial charge in [-0.2, -0.15) is 0 Å². The number of aryl methyl sites for hydroxylation is 1. The molecule has 2 atom stereocenters. The summed E-state index contributed by atoms with van der Waals surface area (Å²) in [5.41, 5.74) is 1.49. The molecule has 118 valence electrons. The maximum absolute atomic E-state index is 12.5. The zero-order valence-electron chi connectivity index (χ0n) is 13.1. The first-order valence-corrected chi connectivity index (χ1v) is 7.89. The molecule has 2 aliphatic carbocycles. The van der Waals surface area contributed by atoms with Crippen LogP contribution in [0.25, 0.3) is 0 Å². The number of benzene rings is 1. The number of fused-ring (bicyclic) bond motifs is 1. The van der Waals surface area contributed by atoms with E-state index >= 15 is 0 Å². The quantitative estimate of drug-likeness (QED) is 0.636. The van der Waals surface area contributed by atoms with Crippen molar-refractivity contribution in [3.63, 3.8) is 0 Å². The fourth-order valence-electron chi connectivity index (χ4n) is 4.54. The number of hydrogen-bond acceptors (Lipinski definition) is 4. The SMILES string of the molecule is COC(=O)C1(C(=O)OC)CCC[C@H]1[C@H]1CCc2ccccc21. The van der Waals surface area contributed by atoms with Gasteiger partial charge in [-0.25, -0.2) is 0 Å². The first-order valence-electron chi connectivity index (χ1n) is 7.89. The largest absolute Gasteiger partial charge is 0.468 e. The lowest BCUT2D eigenvalue weighted by atomic mass is 9.69. The molecular formula is C18H22O4. The molecule has 0 bridgehead atoms. The number of esters is 2. The van der Waals surface area contributed by atoms with Gasteiger partial charge in [0.1, 0.15) is 0 Å². The zero-order chi connectivity index (χ0) is 15.7. The van der Waals surface area contributed by atoms with Crippen molar-refractivity contribution in [3.8, 4) is 0 Å². The van der Waals surface area contributed by atoms with E-state index in [9.17, 15) is 9.59 Å². The van der Waals surface area contributed by atoms with Crippen LogP contribution in [0.4, 0.5) is 0 Å². The average Bonchev–Trinajstić information content (AvgIpc) is 3.17. The normalized spacial score (nSPS) is 25.5. The van der Waals surface area contributed by atoms with E-state index in [1.165, 1.54) is 25.3 Å². The van der Waals surface area contributed by atoms with Gasteiger partial charge in [0.2, 0.25) is 0 Å². The molecule has 22 heavy (non-hydrogen) atoms. The van der Waals surface area contributed by atoms with Crippen LogP contribution in [0.3, 0.4) is 0 Å². The second-order valence-electron chi connectivity index (χ2n) is 6.30. The monoisotopic (exact) mass is 302 g/mol.